The minimum atomic E-state index is -0.388. The highest BCUT2D eigenvalue weighted by Gasteiger charge is 2.19. The average molecular weight is 354 g/mol. The molecular weight excluding hydrogens is 350 g/mol. The molecule has 12 heavy (non-hydrogen) atoms. The molecule has 0 aliphatic rings. The first kappa shape index (κ1) is 10.2. The largest absolute Gasteiger partial charge is 0.192 e. The average Bonchev–Trinajstić information content (AvgIpc) is 2.03. The summed E-state index contributed by atoms with van der Waals surface area (Å²) in [4.78, 5) is 0. The molecule has 0 saturated carbocycles. The van der Waals surface area contributed by atoms with Gasteiger partial charge >= 0.3 is 0 Å². The molecule has 4 heteroatoms. The van der Waals surface area contributed by atoms with Gasteiger partial charge < -0.3 is 0 Å². The van der Waals surface area contributed by atoms with Crippen LogP contribution in [0.3, 0.4) is 0 Å². The Kier molecular flexibility index (Phi) is 3.33. The first-order valence-corrected chi connectivity index (χ1v) is 5.49. The molecule has 0 aliphatic carbocycles. The second-order valence-electron chi connectivity index (χ2n) is 2.19. The van der Waals surface area contributed by atoms with Gasteiger partial charge in [-0.2, -0.15) is 5.26 Å². The molecule has 0 unspecified atom stereocenters. The molecule has 0 saturated heterocycles. The van der Waals surface area contributed by atoms with Gasteiger partial charge in [-0.15, -0.1) is 0 Å². The molecule has 0 radical (unpaired) electrons. The summed E-state index contributed by atoms with van der Waals surface area (Å²) in [5, 5.41) is 8.55. The van der Waals surface area contributed by atoms with Crippen LogP contribution < -0.4 is 0 Å². The maximum Gasteiger partial charge on any atom is 0.159 e. The van der Waals surface area contributed by atoms with Crippen molar-refractivity contribution in [3.8, 4) is 6.07 Å². The number of hydrogen-bond donors (Lipinski definition) is 0. The van der Waals surface area contributed by atoms with Gasteiger partial charge in [0, 0.05) is 0 Å². The van der Waals surface area contributed by atoms with Crippen LogP contribution in [0.5, 0.6) is 0 Å². The van der Waals surface area contributed by atoms with Crippen molar-refractivity contribution in [1.29, 1.82) is 5.26 Å². The Morgan fingerprint density at radius 2 is 1.58 bits per heavy atom. The highest BCUT2D eigenvalue weighted by Crippen LogP contribution is 2.44. The molecule has 0 N–H and O–H groups in total. The predicted molar refractivity (Wildman–Crippen MR) is 59.6 cm³/mol. The topological polar surface area (TPSA) is 23.8 Å². The third-order valence-electron chi connectivity index (χ3n) is 1.34. The summed E-state index contributed by atoms with van der Waals surface area (Å²) in [6, 6.07) is 9.35. The molecule has 0 fully saturated rings. The Bertz CT molecular complexity index is 305. The number of rotatable bonds is 0. The lowest BCUT2D eigenvalue weighted by molar-refractivity contribution is 1.35. The molecular formula is C8H4Br3N. The van der Waals surface area contributed by atoms with Crippen molar-refractivity contribution in [2.45, 2.75) is 2.14 Å². The molecule has 0 aromatic heterocycles. The SMILES string of the molecule is N#Cc1ccc(C(Br)(Br)Br)cc1. The van der Waals surface area contributed by atoms with E-state index >= 15 is 0 Å². The first-order chi connectivity index (χ1) is 5.54. The number of halogens is 3. The van der Waals surface area contributed by atoms with Crippen LogP contribution in [-0.4, -0.2) is 0 Å². The Labute approximate surface area is 96.2 Å². The molecule has 0 atom stereocenters. The molecule has 0 bridgehead atoms. The second kappa shape index (κ2) is 3.91. The van der Waals surface area contributed by atoms with E-state index in [2.05, 4.69) is 53.9 Å². The van der Waals surface area contributed by atoms with Crippen molar-refractivity contribution in [1.82, 2.24) is 0 Å². The van der Waals surface area contributed by atoms with Crippen LogP contribution in [0.15, 0.2) is 24.3 Å². The van der Waals surface area contributed by atoms with Crippen LogP contribution in [0, 0.1) is 11.3 Å². The van der Waals surface area contributed by atoms with Gasteiger partial charge in [-0.25, -0.2) is 0 Å². The Morgan fingerprint density at radius 1 is 1.08 bits per heavy atom. The van der Waals surface area contributed by atoms with E-state index in [4.69, 9.17) is 5.26 Å². The van der Waals surface area contributed by atoms with E-state index in [1.165, 1.54) is 0 Å². The van der Waals surface area contributed by atoms with Gasteiger partial charge in [0.25, 0.3) is 0 Å². The zero-order valence-corrected chi connectivity index (χ0v) is 10.6. The van der Waals surface area contributed by atoms with E-state index in [0.717, 1.165) is 5.56 Å². The fourth-order valence-electron chi connectivity index (χ4n) is 0.734. The maximum atomic E-state index is 8.55. The van der Waals surface area contributed by atoms with Crippen molar-refractivity contribution in [3.05, 3.63) is 35.4 Å². The van der Waals surface area contributed by atoms with Gasteiger partial charge in [0.15, 0.2) is 2.14 Å². The van der Waals surface area contributed by atoms with E-state index < -0.39 is 0 Å². The lowest BCUT2D eigenvalue weighted by Crippen LogP contribution is -1.96. The third kappa shape index (κ3) is 2.58. The minimum absolute atomic E-state index is 0.388. The first-order valence-electron chi connectivity index (χ1n) is 3.11. The standard InChI is InChI=1S/C8H4Br3N/c9-8(10,11)7-3-1-6(5-12)2-4-7/h1-4H. The van der Waals surface area contributed by atoms with E-state index in [-0.39, 0.29) is 2.14 Å². The van der Waals surface area contributed by atoms with Crippen molar-refractivity contribution < 1.29 is 0 Å². The van der Waals surface area contributed by atoms with Crippen LogP contribution in [-0.2, 0) is 2.14 Å². The normalized spacial score (nSPS) is 10.8. The van der Waals surface area contributed by atoms with Crippen LogP contribution in [0.25, 0.3) is 0 Å². The van der Waals surface area contributed by atoms with Crippen LogP contribution in [0.1, 0.15) is 11.1 Å². The highest BCUT2D eigenvalue weighted by molar-refractivity contribution is 9.38. The monoisotopic (exact) mass is 351 g/mol. The van der Waals surface area contributed by atoms with Crippen molar-refractivity contribution >= 4 is 47.8 Å². The summed E-state index contributed by atoms with van der Waals surface area (Å²) in [5.41, 5.74) is 1.68. The minimum Gasteiger partial charge on any atom is -0.192 e. The zero-order chi connectivity index (χ0) is 9.19. The maximum absolute atomic E-state index is 8.55. The quantitative estimate of drug-likeness (QED) is 0.650. The number of nitriles is 1. The summed E-state index contributed by atoms with van der Waals surface area (Å²) in [6.45, 7) is 0. The molecule has 62 valence electrons. The molecule has 0 aliphatic heterocycles. The van der Waals surface area contributed by atoms with Gasteiger partial charge in [-0.05, 0) is 17.7 Å². The summed E-state index contributed by atoms with van der Waals surface area (Å²) < 4.78 is -0.388. The van der Waals surface area contributed by atoms with Gasteiger partial charge in [-0.3, -0.25) is 0 Å². The van der Waals surface area contributed by atoms with Crippen LogP contribution in [0.4, 0.5) is 0 Å². The molecule has 1 nitrogen and oxygen atoms in total. The molecule has 0 heterocycles. The fraction of sp³-hybridized carbons (Fsp3) is 0.125. The van der Waals surface area contributed by atoms with Crippen molar-refractivity contribution in [3.63, 3.8) is 0 Å². The molecule has 1 aromatic carbocycles. The summed E-state index contributed by atoms with van der Waals surface area (Å²) >= 11 is 10.2. The third-order valence-corrected chi connectivity index (χ3v) is 2.71. The summed E-state index contributed by atoms with van der Waals surface area (Å²) in [5.74, 6) is 0. The number of nitrogens with zero attached hydrogens (tertiary/aromatic N) is 1. The number of alkyl halides is 3. The van der Waals surface area contributed by atoms with Gasteiger partial charge in [-0.1, -0.05) is 59.9 Å². The van der Waals surface area contributed by atoms with E-state index in [9.17, 15) is 0 Å². The lowest BCUT2D eigenvalue weighted by atomic mass is 10.2. The second-order valence-corrected chi connectivity index (χ2v) is 8.95. The predicted octanol–water partition coefficient (Wildman–Crippen LogP) is 3.85. The van der Waals surface area contributed by atoms with E-state index in [1.54, 1.807) is 12.1 Å². The molecule has 0 amide bonds. The summed E-state index contributed by atoms with van der Waals surface area (Å²) in [7, 11) is 0. The van der Waals surface area contributed by atoms with Gasteiger partial charge in [0.2, 0.25) is 0 Å². The Balaban J connectivity index is 3.02. The molecule has 0 spiro atoms. The van der Waals surface area contributed by atoms with Crippen LogP contribution >= 0.6 is 47.8 Å². The Hall–Kier alpha value is 0.150. The lowest BCUT2D eigenvalue weighted by Gasteiger charge is -2.11. The summed E-state index contributed by atoms with van der Waals surface area (Å²) in [6.07, 6.45) is 0. The van der Waals surface area contributed by atoms with Crippen molar-refractivity contribution in [2.75, 3.05) is 0 Å². The van der Waals surface area contributed by atoms with Gasteiger partial charge in [0.1, 0.15) is 0 Å². The van der Waals surface area contributed by atoms with E-state index in [0.29, 0.717) is 5.56 Å². The van der Waals surface area contributed by atoms with Crippen molar-refractivity contribution in [2.24, 2.45) is 0 Å². The molecule has 1 rings (SSSR count). The Morgan fingerprint density at radius 3 is 1.92 bits per heavy atom. The fourth-order valence-corrected chi connectivity index (χ4v) is 1.53. The van der Waals surface area contributed by atoms with E-state index in [1.807, 2.05) is 12.1 Å². The highest BCUT2D eigenvalue weighted by atomic mass is 80.0. The van der Waals surface area contributed by atoms with Crippen LogP contribution in [0.2, 0.25) is 0 Å². The zero-order valence-electron chi connectivity index (χ0n) is 5.89. The van der Waals surface area contributed by atoms with Gasteiger partial charge in [0.05, 0.1) is 11.6 Å². The molecule has 1 aromatic rings. The number of hydrogen-bond acceptors (Lipinski definition) is 1. The number of benzene rings is 1. The smallest absolute Gasteiger partial charge is 0.159 e.